The average Bonchev–Trinajstić information content (AvgIpc) is 3.28. The molecule has 4 heteroatoms. The minimum Gasteiger partial charge on any atom is -0.450 e. The van der Waals surface area contributed by atoms with Gasteiger partial charge in [0.1, 0.15) is 5.58 Å². The minimum absolute atomic E-state index is 0.109. The molecule has 1 aromatic heterocycles. The van der Waals surface area contributed by atoms with Crippen LogP contribution < -0.4 is 5.32 Å². The van der Waals surface area contributed by atoms with Crippen LogP contribution in [0.25, 0.3) is 11.0 Å². The van der Waals surface area contributed by atoms with Crippen LogP contribution in [0.3, 0.4) is 0 Å². The number of hydrogen-bond acceptors (Lipinski definition) is 3. The van der Waals surface area contributed by atoms with E-state index in [0.29, 0.717) is 11.8 Å². The smallest absolute Gasteiger partial charge is 0.287 e. The molecule has 1 aliphatic heterocycles. The third-order valence-corrected chi connectivity index (χ3v) is 5.75. The zero-order valence-corrected chi connectivity index (χ0v) is 16.2. The maximum absolute atomic E-state index is 12.8. The predicted molar refractivity (Wildman–Crippen MR) is 108 cm³/mol. The topological polar surface area (TPSA) is 45.5 Å². The summed E-state index contributed by atoms with van der Waals surface area (Å²) in [5.74, 6) is 0.330. The molecule has 2 heterocycles. The van der Waals surface area contributed by atoms with E-state index in [1.165, 1.54) is 5.56 Å². The third kappa shape index (κ3) is 3.37. The second-order valence-corrected chi connectivity index (χ2v) is 7.55. The molecule has 2 aromatic carbocycles. The van der Waals surface area contributed by atoms with Crippen LogP contribution in [0.4, 0.5) is 0 Å². The number of rotatable bonds is 4. The van der Waals surface area contributed by atoms with Gasteiger partial charge in [-0.25, -0.2) is 0 Å². The van der Waals surface area contributed by atoms with Crippen molar-refractivity contribution >= 4 is 16.9 Å². The quantitative estimate of drug-likeness (QED) is 0.737. The lowest BCUT2D eigenvalue weighted by atomic mass is 10.1. The van der Waals surface area contributed by atoms with E-state index in [9.17, 15) is 4.79 Å². The van der Waals surface area contributed by atoms with E-state index in [-0.39, 0.29) is 11.9 Å². The standard InChI is InChI=1S/C23H26N2O2/c1-15-8-7-11-20-16(2)22(27-21(15)20)23(26)24-19-12-13-25(14-19)17(3)18-9-5-4-6-10-18/h4-11,17,19H,12-14H2,1-3H3,(H,24,26). The highest BCUT2D eigenvalue weighted by Crippen LogP contribution is 2.28. The second-order valence-electron chi connectivity index (χ2n) is 7.55. The summed E-state index contributed by atoms with van der Waals surface area (Å²) in [6.45, 7) is 8.04. The van der Waals surface area contributed by atoms with E-state index in [2.05, 4.69) is 41.4 Å². The maximum atomic E-state index is 12.8. The van der Waals surface area contributed by atoms with Crippen molar-refractivity contribution in [3.8, 4) is 0 Å². The van der Waals surface area contributed by atoms with Gasteiger partial charge in [0.05, 0.1) is 0 Å². The number of carbonyl (C=O) groups is 1. The third-order valence-electron chi connectivity index (χ3n) is 5.75. The molecule has 2 unspecified atom stereocenters. The highest BCUT2D eigenvalue weighted by atomic mass is 16.3. The number of fused-ring (bicyclic) bond motifs is 1. The lowest BCUT2D eigenvalue weighted by Crippen LogP contribution is -2.37. The second kappa shape index (κ2) is 7.20. The highest BCUT2D eigenvalue weighted by molar-refractivity contribution is 5.99. The Kier molecular flexibility index (Phi) is 4.75. The molecule has 1 saturated heterocycles. The fourth-order valence-corrected chi connectivity index (χ4v) is 4.05. The Hall–Kier alpha value is -2.59. The molecule has 1 fully saturated rings. The van der Waals surface area contributed by atoms with Gasteiger partial charge in [-0.3, -0.25) is 9.69 Å². The van der Waals surface area contributed by atoms with Crippen LogP contribution in [0, 0.1) is 13.8 Å². The monoisotopic (exact) mass is 362 g/mol. The Morgan fingerprint density at radius 3 is 2.67 bits per heavy atom. The lowest BCUT2D eigenvalue weighted by molar-refractivity contribution is 0.0909. The van der Waals surface area contributed by atoms with Gasteiger partial charge in [-0.1, -0.05) is 48.5 Å². The molecule has 0 bridgehead atoms. The van der Waals surface area contributed by atoms with Crippen molar-refractivity contribution in [3.63, 3.8) is 0 Å². The molecular formula is C23H26N2O2. The van der Waals surface area contributed by atoms with Crippen LogP contribution in [-0.4, -0.2) is 29.9 Å². The number of nitrogens with one attached hydrogen (secondary N) is 1. The number of likely N-dealkylation sites (tertiary alicyclic amines) is 1. The molecule has 0 saturated carbocycles. The van der Waals surface area contributed by atoms with E-state index in [1.807, 2.05) is 38.1 Å². The highest BCUT2D eigenvalue weighted by Gasteiger charge is 2.29. The van der Waals surface area contributed by atoms with Gasteiger partial charge in [0.15, 0.2) is 5.76 Å². The first-order valence-electron chi connectivity index (χ1n) is 9.63. The summed E-state index contributed by atoms with van der Waals surface area (Å²) in [6, 6.07) is 17.0. The Bertz CT molecular complexity index is 961. The van der Waals surface area contributed by atoms with Gasteiger partial charge in [0.2, 0.25) is 0 Å². The summed E-state index contributed by atoms with van der Waals surface area (Å²) in [7, 11) is 0. The summed E-state index contributed by atoms with van der Waals surface area (Å²) < 4.78 is 5.92. The van der Waals surface area contributed by atoms with Gasteiger partial charge in [-0.05, 0) is 38.3 Å². The number of furan rings is 1. The van der Waals surface area contributed by atoms with Gasteiger partial charge < -0.3 is 9.73 Å². The Morgan fingerprint density at radius 1 is 1.15 bits per heavy atom. The number of carbonyl (C=O) groups excluding carboxylic acids is 1. The molecule has 0 radical (unpaired) electrons. The van der Waals surface area contributed by atoms with Crippen LogP contribution in [-0.2, 0) is 0 Å². The molecule has 3 aromatic rings. The molecule has 1 amide bonds. The summed E-state index contributed by atoms with van der Waals surface area (Å²) in [4.78, 5) is 15.3. The Morgan fingerprint density at radius 2 is 1.93 bits per heavy atom. The lowest BCUT2D eigenvalue weighted by Gasteiger charge is -2.24. The van der Waals surface area contributed by atoms with Crippen molar-refractivity contribution in [1.82, 2.24) is 10.2 Å². The van der Waals surface area contributed by atoms with Crippen LogP contribution in [0.5, 0.6) is 0 Å². The first-order valence-corrected chi connectivity index (χ1v) is 9.63. The Balaban J connectivity index is 1.45. The zero-order chi connectivity index (χ0) is 19.0. The van der Waals surface area contributed by atoms with E-state index in [1.54, 1.807) is 0 Å². The van der Waals surface area contributed by atoms with Crippen LogP contribution in [0.15, 0.2) is 52.9 Å². The van der Waals surface area contributed by atoms with Gasteiger partial charge in [-0.2, -0.15) is 0 Å². The Labute approximate surface area is 160 Å². The number of amides is 1. The molecule has 1 N–H and O–H groups in total. The summed E-state index contributed by atoms with van der Waals surface area (Å²) in [5, 5.41) is 4.20. The van der Waals surface area contributed by atoms with Gasteiger partial charge in [0, 0.05) is 36.1 Å². The predicted octanol–water partition coefficient (Wildman–Crippen LogP) is 4.61. The summed E-state index contributed by atoms with van der Waals surface area (Å²) in [5.41, 5.74) is 4.09. The van der Waals surface area contributed by atoms with E-state index >= 15 is 0 Å². The van der Waals surface area contributed by atoms with Crippen molar-refractivity contribution in [1.29, 1.82) is 0 Å². The summed E-state index contributed by atoms with van der Waals surface area (Å²) in [6.07, 6.45) is 0.960. The minimum atomic E-state index is -0.109. The molecular weight excluding hydrogens is 336 g/mol. The number of aryl methyl sites for hydroxylation is 2. The van der Waals surface area contributed by atoms with E-state index < -0.39 is 0 Å². The zero-order valence-electron chi connectivity index (χ0n) is 16.2. The molecule has 27 heavy (non-hydrogen) atoms. The van der Waals surface area contributed by atoms with Gasteiger partial charge in [0.25, 0.3) is 5.91 Å². The van der Waals surface area contributed by atoms with E-state index in [4.69, 9.17) is 4.42 Å². The van der Waals surface area contributed by atoms with Crippen LogP contribution in [0.1, 0.15) is 46.6 Å². The molecule has 0 aliphatic carbocycles. The molecule has 1 aliphatic rings. The fourth-order valence-electron chi connectivity index (χ4n) is 4.05. The molecule has 4 rings (SSSR count). The van der Waals surface area contributed by atoms with Crippen molar-refractivity contribution in [2.45, 2.75) is 39.3 Å². The van der Waals surface area contributed by atoms with Crippen LogP contribution >= 0.6 is 0 Å². The number of benzene rings is 2. The number of hydrogen-bond donors (Lipinski definition) is 1. The largest absolute Gasteiger partial charge is 0.450 e. The average molecular weight is 362 g/mol. The molecule has 0 spiro atoms. The van der Waals surface area contributed by atoms with Gasteiger partial charge in [-0.15, -0.1) is 0 Å². The number of para-hydroxylation sites is 1. The van der Waals surface area contributed by atoms with Crippen molar-refractivity contribution < 1.29 is 9.21 Å². The fraction of sp³-hybridized carbons (Fsp3) is 0.348. The summed E-state index contributed by atoms with van der Waals surface area (Å²) >= 11 is 0. The first kappa shape index (κ1) is 17.8. The van der Waals surface area contributed by atoms with Crippen molar-refractivity contribution in [2.24, 2.45) is 0 Å². The molecule has 4 nitrogen and oxygen atoms in total. The van der Waals surface area contributed by atoms with Crippen molar-refractivity contribution in [2.75, 3.05) is 13.1 Å². The normalized spacial score (nSPS) is 18.7. The SMILES string of the molecule is Cc1c(C(=O)NC2CCN(C(C)c3ccccc3)C2)oc2c(C)cccc12. The molecule has 140 valence electrons. The van der Waals surface area contributed by atoms with E-state index in [0.717, 1.165) is 41.6 Å². The maximum Gasteiger partial charge on any atom is 0.287 e. The van der Waals surface area contributed by atoms with Gasteiger partial charge >= 0.3 is 0 Å². The molecule has 2 atom stereocenters. The first-order chi connectivity index (χ1) is 13.0. The van der Waals surface area contributed by atoms with Crippen LogP contribution in [0.2, 0.25) is 0 Å². The van der Waals surface area contributed by atoms with Crippen molar-refractivity contribution in [3.05, 3.63) is 71.0 Å². The number of nitrogens with zero attached hydrogens (tertiary/aromatic N) is 1.